The molecule has 2 rings (SSSR count). The molecule has 0 aromatic heterocycles. The lowest BCUT2D eigenvalue weighted by molar-refractivity contribution is 0.00497. The first-order valence-electron chi connectivity index (χ1n) is 5.83. The van der Waals surface area contributed by atoms with Crippen molar-refractivity contribution >= 4 is 23.1 Å². The van der Waals surface area contributed by atoms with Crippen molar-refractivity contribution in [3.8, 4) is 0 Å². The second-order valence-electron chi connectivity index (χ2n) is 4.82. The smallest absolute Gasteiger partial charge is 0.248 e. The van der Waals surface area contributed by atoms with Crippen molar-refractivity contribution < 1.29 is 13.6 Å². The largest absolute Gasteiger partial charge is 0.398 e. The Morgan fingerprint density at radius 2 is 2.22 bits per heavy atom. The molecule has 1 aromatic carbocycles. The van der Waals surface area contributed by atoms with E-state index in [0.717, 1.165) is 0 Å². The van der Waals surface area contributed by atoms with Gasteiger partial charge in [0.1, 0.15) is 0 Å². The minimum absolute atomic E-state index is 0.124. The van der Waals surface area contributed by atoms with E-state index in [9.17, 15) is 13.6 Å². The molecule has 1 unspecified atom stereocenters. The van der Waals surface area contributed by atoms with Crippen LogP contribution in [0.2, 0.25) is 5.02 Å². The van der Waals surface area contributed by atoms with Crippen LogP contribution in [0, 0.1) is 5.92 Å². The summed E-state index contributed by atoms with van der Waals surface area (Å²) in [7, 11) is 0. The number of alkyl halides is 2. The average Bonchev–Trinajstić information content (AvgIpc) is 2.57. The first kappa shape index (κ1) is 13.3. The highest BCUT2D eigenvalue weighted by molar-refractivity contribution is 6.31. The van der Waals surface area contributed by atoms with Gasteiger partial charge in [-0.05, 0) is 30.5 Å². The van der Waals surface area contributed by atoms with Crippen molar-refractivity contribution in [3.63, 3.8) is 0 Å². The number of halogens is 3. The van der Waals surface area contributed by atoms with Gasteiger partial charge in [-0.2, -0.15) is 0 Å². The standard InChI is InChI=1S/C13H14ClF2NO/c14-9-1-2-10(11(17)6-9)12(18)5-8-3-4-13(15,16)7-8/h1-2,6,8H,3-5,7,17H2. The molecule has 0 bridgehead atoms. The highest BCUT2D eigenvalue weighted by Gasteiger charge is 2.40. The molecule has 2 nitrogen and oxygen atoms in total. The highest BCUT2D eigenvalue weighted by Crippen LogP contribution is 2.40. The number of Topliss-reactive ketones (excluding diaryl/α,β-unsaturated/α-hetero) is 1. The van der Waals surface area contributed by atoms with E-state index in [1.54, 1.807) is 12.1 Å². The van der Waals surface area contributed by atoms with E-state index in [2.05, 4.69) is 0 Å². The third kappa shape index (κ3) is 2.99. The van der Waals surface area contributed by atoms with Crippen LogP contribution in [0.1, 0.15) is 36.0 Å². The van der Waals surface area contributed by atoms with Gasteiger partial charge in [0.25, 0.3) is 0 Å². The molecule has 5 heteroatoms. The Labute approximate surface area is 109 Å². The van der Waals surface area contributed by atoms with Crippen molar-refractivity contribution in [2.75, 3.05) is 5.73 Å². The molecule has 0 saturated heterocycles. The first-order chi connectivity index (χ1) is 8.37. The van der Waals surface area contributed by atoms with Gasteiger partial charge in [0, 0.05) is 35.5 Å². The Hall–Kier alpha value is -1.16. The molecule has 1 fully saturated rings. The topological polar surface area (TPSA) is 43.1 Å². The zero-order valence-electron chi connectivity index (χ0n) is 9.76. The van der Waals surface area contributed by atoms with E-state index in [1.165, 1.54) is 6.07 Å². The fourth-order valence-corrected chi connectivity index (χ4v) is 2.56. The maximum Gasteiger partial charge on any atom is 0.248 e. The number of rotatable bonds is 3. The summed E-state index contributed by atoms with van der Waals surface area (Å²) in [5.74, 6) is -3.05. The maximum atomic E-state index is 13.0. The number of benzene rings is 1. The third-order valence-corrected chi connectivity index (χ3v) is 3.53. The summed E-state index contributed by atoms with van der Waals surface area (Å²) >= 11 is 5.74. The Morgan fingerprint density at radius 3 is 2.78 bits per heavy atom. The van der Waals surface area contributed by atoms with Gasteiger partial charge < -0.3 is 5.73 Å². The van der Waals surface area contributed by atoms with Crippen LogP contribution in [0.5, 0.6) is 0 Å². The van der Waals surface area contributed by atoms with Crippen molar-refractivity contribution in [1.82, 2.24) is 0 Å². The molecule has 1 aliphatic carbocycles. The number of anilines is 1. The van der Waals surface area contributed by atoms with Crippen LogP contribution in [0.15, 0.2) is 18.2 Å². The molecule has 1 saturated carbocycles. The quantitative estimate of drug-likeness (QED) is 0.670. The van der Waals surface area contributed by atoms with E-state index in [-0.39, 0.29) is 31.0 Å². The second kappa shape index (κ2) is 4.84. The zero-order chi connectivity index (χ0) is 13.3. The highest BCUT2D eigenvalue weighted by atomic mass is 35.5. The van der Waals surface area contributed by atoms with E-state index in [4.69, 9.17) is 17.3 Å². The lowest BCUT2D eigenvalue weighted by Crippen LogP contribution is -2.12. The van der Waals surface area contributed by atoms with Crippen LogP contribution in [0.3, 0.4) is 0 Å². The molecular weight excluding hydrogens is 260 g/mol. The van der Waals surface area contributed by atoms with Crippen LogP contribution in [0.4, 0.5) is 14.5 Å². The molecule has 0 aliphatic heterocycles. The minimum atomic E-state index is -2.61. The zero-order valence-corrected chi connectivity index (χ0v) is 10.5. The van der Waals surface area contributed by atoms with Gasteiger partial charge in [-0.1, -0.05) is 11.6 Å². The fourth-order valence-electron chi connectivity index (χ4n) is 2.38. The number of nitrogens with two attached hydrogens (primary N) is 1. The number of hydrogen-bond donors (Lipinski definition) is 1. The van der Waals surface area contributed by atoms with Crippen molar-refractivity contribution in [2.45, 2.75) is 31.6 Å². The Kier molecular flexibility index (Phi) is 3.57. The Bertz CT molecular complexity index is 476. The Morgan fingerprint density at radius 1 is 1.50 bits per heavy atom. The van der Waals surface area contributed by atoms with E-state index < -0.39 is 5.92 Å². The van der Waals surface area contributed by atoms with Gasteiger partial charge in [0.05, 0.1) is 0 Å². The van der Waals surface area contributed by atoms with Gasteiger partial charge in [0.15, 0.2) is 5.78 Å². The second-order valence-corrected chi connectivity index (χ2v) is 5.26. The SMILES string of the molecule is Nc1cc(Cl)ccc1C(=O)CC1CCC(F)(F)C1. The molecule has 1 aliphatic rings. The minimum Gasteiger partial charge on any atom is -0.398 e. The predicted molar refractivity (Wildman–Crippen MR) is 67.1 cm³/mol. The predicted octanol–water partition coefficient (Wildman–Crippen LogP) is 3.93. The molecule has 0 heterocycles. The van der Waals surface area contributed by atoms with E-state index in [0.29, 0.717) is 22.7 Å². The molecule has 0 amide bonds. The summed E-state index contributed by atoms with van der Waals surface area (Å²) in [6.07, 6.45) is 0.195. The molecule has 0 radical (unpaired) electrons. The Balaban J connectivity index is 2.04. The average molecular weight is 274 g/mol. The molecule has 2 N–H and O–H groups in total. The summed E-state index contributed by atoms with van der Waals surface area (Å²) in [6, 6.07) is 4.62. The van der Waals surface area contributed by atoms with Gasteiger partial charge in [-0.25, -0.2) is 8.78 Å². The molecule has 1 atom stereocenters. The summed E-state index contributed by atoms with van der Waals surface area (Å²) in [4.78, 5) is 12.0. The summed E-state index contributed by atoms with van der Waals surface area (Å²) in [5, 5.41) is 0.455. The first-order valence-corrected chi connectivity index (χ1v) is 6.21. The number of carbonyl (C=O) groups excluding carboxylic acids is 1. The van der Waals surface area contributed by atoms with Crippen molar-refractivity contribution in [1.29, 1.82) is 0 Å². The lowest BCUT2D eigenvalue weighted by Gasteiger charge is -2.11. The van der Waals surface area contributed by atoms with Crippen LogP contribution >= 0.6 is 11.6 Å². The van der Waals surface area contributed by atoms with Crippen LogP contribution in [-0.4, -0.2) is 11.7 Å². The maximum absolute atomic E-state index is 13.0. The van der Waals surface area contributed by atoms with Gasteiger partial charge in [-0.15, -0.1) is 0 Å². The molecule has 98 valence electrons. The van der Waals surface area contributed by atoms with Gasteiger partial charge in [-0.3, -0.25) is 4.79 Å². The van der Waals surface area contributed by atoms with Crippen LogP contribution in [0.25, 0.3) is 0 Å². The van der Waals surface area contributed by atoms with Crippen molar-refractivity contribution in [3.05, 3.63) is 28.8 Å². The summed E-state index contributed by atoms with van der Waals surface area (Å²) < 4.78 is 26.1. The van der Waals surface area contributed by atoms with Gasteiger partial charge in [0.2, 0.25) is 5.92 Å². The number of ketones is 1. The van der Waals surface area contributed by atoms with E-state index >= 15 is 0 Å². The van der Waals surface area contributed by atoms with Gasteiger partial charge >= 0.3 is 0 Å². The van der Waals surface area contributed by atoms with E-state index in [1.807, 2.05) is 0 Å². The van der Waals surface area contributed by atoms with Crippen LogP contribution < -0.4 is 5.73 Å². The number of nitrogen functional groups attached to an aromatic ring is 1. The molecule has 18 heavy (non-hydrogen) atoms. The third-order valence-electron chi connectivity index (χ3n) is 3.29. The molecule has 0 spiro atoms. The van der Waals surface area contributed by atoms with Crippen molar-refractivity contribution in [2.24, 2.45) is 5.92 Å². The number of carbonyl (C=O) groups is 1. The number of hydrogen-bond acceptors (Lipinski definition) is 2. The molecular formula is C13H14ClF2NO. The summed E-state index contributed by atoms with van der Waals surface area (Å²) in [5.41, 5.74) is 6.37. The normalized spacial score (nSPS) is 22.1. The summed E-state index contributed by atoms with van der Waals surface area (Å²) in [6.45, 7) is 0. The molecule has 1 aromatic rings. The lowest BCUT2D eigenvalue weighted by atomic mass is 9.96. The van der Waals surface area contributed by atoms with Crippen LogP contribution in [-0.2, 0) is 0 Å². The monoisotopic (exact) mass is 273 g/mol. The fraction of sp³-hybridized carbons (Fsp3) is 0.462.